The number of H-pyrrole nitrogens is 1. The molecule has 0 fully saturated rings. The Morgan fingerprint density at radius 3 is 2.80 bits per heavy atom. The van der Waals surface area contributed by atoms with Gasteiger partial charge in [-0.25, -0.2) is 9.37 Å². The lowest BCUT2D eigenvalue weighted by Gasteiger charge is -1.98. The first kappa shape index (κ1) is 19.8. The highest BCUT2D eigenvalue weighted by Crippen LogP contribution is 2.21. The molecule has 0 spiro atoms. The van der Waals surface area contributed by atoms with Gasteiger partial charge in [-0.3, -0.25) is 9.89 Å². The van der Waals surface area contributed by atoms with E-state index in [9.17, 15) is 9.18 Å². The maximum absolute atomic E-state index is 13.0. The first-order valence-corrected chi connectivity index (χ1v) is 9.89. The molecule has 154 valence electrons. The Bertz CT molecular complexity index is 1140. The maximum Gasteiger partial charge on any atom is 0.227 e. The van der Waals surface area contributed by atoms with Crippen LogP contribution < -0.4 is 5.32 Å². The van der Waals surface area contributed by atoms with Gasteiger partial charge < -0.3 is 14.4 Å². The van der Waals surface area contributed by atoms with Crippen molar-refractivity contribution in [2.75, 3.05) is 5.32 Å². The molecule has 0 bridgehead atoms. The number of hydrogen-bond donors (Lipinski definition) is 2. The van der Waals surface area contributed by atoms with Gasteiger partial charge in [-0.2, -0.15) is 4.98 Å². The van der Waals surface area contributed by atoms with Crippen LogP contribution in [0.2, 0.25) is 0 Å². The lowest BCUT2D eigenvalue weighted by molar-refractivity contribution is -0.116. The van der Waals surface area contributed by atoms with Crippen LogP contribution in [0.25, 0.3) is 11.4 Å². The van der Waals surface area contributed by atoms with Crippen molar-refractivity contribution in [2.24, 2.45) is 0 Å². The second-order valence-electron chi connectivity index (χ2n) is 6.24. The van der Waals surface area contributed by atoms with E-state index in [1.165, 1.54) is 23.9 Å². The summed E-state index contributed by atoms with van der Waals surface area (Å²) in [5.41, 5.74) is 0.733. The summed E-state index contributed by atoms with van der Waals surface area (Å²) in [5.74, 6) is 2.20. The van der Waals surface area contributed by atoms with Crippen LogP contribution in [0.3, 0.4) is 0 Å². The average molecular weight is 429 g/mol. The number of aromatic amines is 1. The fraction of sp³-hybridized carbons (Fsp3) is 0.222. The number of aromatic nitrogens is 6. The van der Waals surface area contributed by atoms with Gasteiger partial charge in [0.05, 0.1) is 5.75 Å². The lowest BCUT2D eigenvalue weighted by atomic mass is 10.2. The maximum atomic E-state index is 13.0. The molecule has 4 aromatic rings. The Balaban J connectivity index is 1.25. The molecule has 0 radical (unpaired) electrons. The highest BCUT2D eigenvalue weighted by atomic mass is 32.2. The number of amides is 1. The second kappa shape index (κ2) is 8.86. The first-order chi connectivity index (χ1) is 14.5. The fourth-order valence-corrected chi connectivity index (χ4v) is 3.12. The van der Waals surface area contributed by atoms with Crippen molar-refractivity contribution < 1.29 is 18.2 Å². The molecule has 30 heavy (non-hydrogen) atoms. The number of benzene rings is 1. The van der Waals surface area contributed by atoms with E-state index in [2.05, 4.69) is 35.8 Å². The van der Waals surface area contributed by atoms with E-state index in [4.69, 9.17) is 9.05 Å². The van der Waals surface area contributed by atoms with E-state index < -0.39 is 0 Å². The minimum atomic E-state index is -0.313. The monoisotopic (exact) mass is 429 g/mol. The quantitative estimate of drug-likeness (QED) is 0.405. The zero-order valence-electron chi connectivity index (χ0n) is 15.8. The third kappa shape index (κ3) is 5.08. The van der Waals surface area contributed by atoms with E-state index >= 15 is 0 Å². The van der Waals surface area contributed by atoms with Gasteiger partial charge in [-0.05, 0) is 31.2 Å². The molecule has 12 heteroatoms. The van der Waals surface area contributed by atoms with Crippen LogP contribution >= 0.6 is 11.8 Å². The van der Waals surface area contributed by atoms with Crippen LogP contribution in [-0.2, 0) is 17.0 Å². The highest BCUT2D eigenvalue weighted by Gasteiger charge is 2.13. The number of hydrogen-bond acceptors (Lipinski definition) is 9. The highest BCUT2D eigenvalue weighted by molar-refractivity contribution is 7.98. The van der Waals surface area contributed by atoms with Crippen LogP contribution in [0.5, 0.6) is 0 Å². The number of carbonyl (C=O) groups excluding carboxylic acids is 1. The van der Waals surface area contributed by atoms with Crippen molar-refractivity contribution >= 4 is 23.5 Å². The summed E-state index contributed by atoms with van der Waals surface area (Å²) in [6.07, 6.45) is 0.471. The van der Waals surface area contributed by atoms with E-state index in [1.54, 1.807) is 25.1 Å². The number of halogens is 1. The molecule has 0 aliphatic heterocycles. The molecule has 1 aromatic carbocycles. The van der Waals surface area contributed by atoms with Crippen molar-refractivity contribution in [3.63, 3.8) is 0 Å². The van der Waals surface area contributed by atoms with E-state index in [1.807, 2.05) is 0 Å². The first-order valence-electron chi connectivity index (χ1n) is 8.91. The molecular formula is C18H16FN7O3S. The molecule has 4 rings (SSSR count). The van der Waals surface area contributed by atoms with E-state index in [0.717, 1.165) is 5.56 Å². The van der Waals surface area contributed by atoms with Crippen molar-refractivity contribution in [3.8, 4) is 11.4 Å². The molecule has 0 unspecified atom stereocenters. The van der Waals surface area contributed by atoms with Gasteiger partial charge in [0.15, 0.2) is 17.5 Å². The fourth-order valence-electron chi connectivity index (χ4n) is 2.48. The molecule has 10 nitrogen and oxygen atoms in total. The number of aryl methyl sites for hydroxylation is 2. The minimum Gasteiger partial charge on any atom is -0.360 e. The molecule has 0 atom stereocenters. The summed E-state index contributed by atoms with van der Waals surface area (Å²) in [5, 5.41) is 17.7. The van der Waals surface area contributed by atoms with Crippen LogP contribution in [0.4, 0.5) is 10.2 Å². The number of carbonyl (C=O) groups is 1. The number of nitrogens with one attached hydrogen (secondary N) is 2. The third-order valence-electron chi connectivity index (χ3n) is 3.88. The Kier molecular flexibility index (Phi) is 5.84. The molecule has 0 aliphatic carbocycles. The molecular weight excluding hydrogens is 413 g/mol. The van der Waals surface area contributed by atoms with Gasteiger partial charge in [-0.15, -0.1) is 5.10 Å². The van der Waals surface area contributed by atoms with Crippen LogP contribution in [-0.4, -0.2) is 36.4 Å². The van der Waals surface area contributed by atoms with Gasteiger partial charge in [-0.1, -0.05) is 22.1 Å². The van der Waals surface area contributed by atoms with Crippen molar-refractivity contribution in [3.05, 3.63) is 53.6 Å². The normalized spacial score (nSPS) is 11.0. The van der Waals surface area contributed by atoms with Gasteiger partial charge in [0.2, 0.25) is 17.0 Å². The molecule has 1 amide bonds. The van der Waals surface area contributed by atoms with Gasteiger partial charge in [0, 0.05) is 24.5 Å². The predicted octanol–water partition coefficient (Wildman–Crippen LogP) is 3.15. The standard InChI is InChI=1S/C18H16FN7O3S/c1-10-8-13(25-28-10)20-15(27)6-7-16-21-14(26-29-16)9-30-18-22-17(23-24-18)11-2-4-12(19)5-3-11/h2-5,8H,6-7,9H2,1H3,(H,20,25,27)(H,22,23,24). The Labute approximate surface area is 173 Å². The summed E-state index contributed by atoms with van der Waals surface area (Å²) >= 11 is 1.32. The average Bonchev–Trinajstić information content (AvgIpc) is 3.47. The SMILES string of the molecule is Cc1cc(NC(=O)CCc2nc(CSc3n[nH]c(-c4ccc(F)cc4)n3)no2)no1. The second-order valence-corrected chi connectivity index (χ2v) is 7.18. The van der Waals surface area contributed by atoms with Crippen LogP contribution in [0, 0.1) is 12.7 Å². The largest absolute Gasteiger partial charge is 0.360 e. The molecule has 0 saturated heterocycles. The molecule has 3 heterocycles. The number of thioether (sulfide) groups is 1. The van der Waals surface area contributed by atoms with Crippen molar-refractivity contribution in [1.29, 1.82) is 0 Å². The van der Waals surface area contributed by atoms with Crippen molar-refractivity contribution in [2.45, 2.75) is 30.7 Å². The predicted molar refractivity (Wildman–Crippen MR) is 104 cm³/mol. The molecule has 0 saturated carbocycles. The zero-order chi connectivity index (χ0) is 20.9. The molecule has 2 N–H and O–H groups in total. The van der Waals surface area contributed by atoms with Crippen molar-refractivity contribution in [1.82, 2.24) is 30.5 Å². The van der Waals surface area contributed by atoms with E-state index in [-0.39, 0.29) is 18.1 Å². The third-order valence-corrected chi connectivity index (χ3v) is 4.73. The zero-order valence-corrected chi connectivity index (χ0v) is 16.6. The van der Waals surface area contributed by atoms with Gasteiger partial charge >= 0.3 is 0 Å². The summed E-state index contributed by atoms with van der Waals surface area (Å²) < 4.78 is 23.1. The summed E-state index contributed by atoms with van der Waals surface area (Å²) in [7, 11) is 0. The minimum absolute atomic E-state index is 0.169. The lowest BCUT2D eigenvalue weighted by Crippen LogP contribution is -2.12. The number of nitrogens with zero attached hydrogens (tertiary/aromatic N) is 5. The summed E-state index contributed by atoms with van der Waals surface area (Å²) in [6.45, 7) is 1.74. The molecule has 0 aliphatic rings. The summed E-state index contributed by atoms with van der Waals surface area (Å²) in [6, 6.07) is 7.59. The van der Waals surface area contributed by atoms with Gasteiger partial charge in [0.25, 0.3) is 0 Å². The van der Waals surface area contributed by atoms with E-state index in [0.29, 0.717) is 46.4 Å². The Morgan fingerprint density at radius 1 is 1.20 bits per heavy atom. The summed E-state index contributed by atoms with van der Waals surface area (Å²) in [4.78, 5) is 20.5. The van der Waals surface area contributed by atoms with Crippen LogP contribution in [0.15, 0.2) is 44.5 Å². The van der Waals surface area contributed by atoms with Gasteiger partial charge in [0.1, 0.15) is 11.6 Å². The van der Waals surface area contributed by atoms with Crippen LogP contribution in [0.1, 0.15) is 23.9 Å². The Morgan fingerprint density at radius 2 is 2.03 bits per heavy atom. The Hall–Kier alpha value is -3.54. The smallest absolute Gasteiger partial charge is 0.227 e. The molecule has 3 aromatic heterocycles. The number of anilines is 1. The number of rotatable bonds is 8. The topological polar surface area (TPSA) is 136 Å².